The van der Waals surface area contributed by atoms with Gasteiger partial charge in [-0.3, -0.25) is 4.79 Å². The highest BCUT2D eigenvalue weighted by Gasteiger charge is 2.17. The number of H-pyrrole nitrogens is 2. The largest absolute Gasteiger partial charge is 0.357 e. The number of nitrogens with zero attached hydrogens (tertiary/aromatic N) is 3. The smallest absolute Gasteiger partial charge is 0.197 e. The molecule has 0 aliphatic heterocycles. The standard InChI is InChI=1S/C21H14ClN5OS/c22-14-7-3-1-5-12(14)17-16(27-15-8-4-2-6-13(15)19(17)28)9-29-21-18-20(24-10-23-18)25-11-26-21/h1-8,10-11H,9H2,(H,27,28)(H,23,24,25,26). The number of benzene rings is 2. The van der Waals surface area contributed by atoms with Crippen LogP contribution in [-0.4, -0.2) is 24.9 Å². The van der Waals surface area contributed by atoms with Crippen LogP contribution in [0.25, 0.3) is 33.2 Å². The number of hydrogen-bond acceptors (Lipinski definition) is 5. The Labute approximate surface area is 174 Å². The van der Waals surface area contributed by atoms with Crippen LogP contribution in [0.5, 0.6) is 0 Å². The van der Waals surface area contributed by atoms with Crippen molar-refractivity contribution in [3.63, 3.8) is 0 Å². The molecule has 6 nitrogen and oxygen atoms in total. The Balaban J connectivity index is 1.66. The average Bonchev–Trinajstić information content (AvgIpc) is 3.23. The number of halogens is 1. The highest BCUT2D eigenvalue weighted by Crippen LogP contribution is 2.32. The SMILES string of the molecule is O=c1c(-c2ccccc2Cl)c(CSc2ncnc3nc[nH]c23)[nH]c2ccccc12. The monoisotopic (exact) mass is 419 g/mol. The first-order valence-electron chi connectivity index (χ1n) is 8.88. The number of fused-ring (bicyclic) bond motifs is 2. The molecule has 8 heteroatoms. The van der Waals surface area contributed by atoms with Crippen molar-refractivity contribution in [3.05, 3.63) is 82.1 Å². The fourth-order valence-electron chi connectivity index (χ4n) is 3.34. The molecule has 0 amide bonds. The molecular formula is C21H14ClN5OS. The van der Waals surface area contributed by atoms with Crippen LogP contribution in [0.2, 0.25) is 5.02 Å². The van der Waals surface area contributed by atoms with Gasteiger partial charge in [0.2, 0.25) is 0 Å². The predicted octanol–water partition coefficient (Wildman–Crippen LogP) is 4.81. The van der Waals surface area contributed by atoms with E-state index in [1.165, 1.54) is 18.1 Å². The van der Waals surface area contributed by atoms with Crippen molar-refractivity contribution in [3.8, 4) is 11.1 Å². The number of nitrogens with one attached hydrogen (secondary N) is 2. The van der Waals surface area contributed by atoms with Crippen LogP contribution < -0.4 is 5.43 Å². The summed E-state index contributed by atoms with van der Waals surface area (Å²) in [7, 11) is 0. The Hall–Kier alpha value is -3.16. The lowest BCUT2D eigenvalue weighted by atomic mass is 10.0. The lowest BCUT2D eigenvalue weighted by Gasteiger charge is -2.13. The first-order chi connectivity index (χ1) is 14.2. The molecule has 0 unspecified atom stereocenters. The van der Waals surface area contributed by atoms with E-state index in [1.54, 1.807) is 12.4 Å². The fourth-order valence-corrected chi connectivity index (χ4v) is 4.48. The summed E-state index contributed by atoms with van der Waals surface area (Å²) in [6.07, 6.45) is 3.08. The number of aromatic nitrogens is 5. The predicted molar refractivity (Wildman–Crippen MR) is 116 cm³/mol. The number of hydrogen-bond donors (Lipinski definition) is 2. The summed E-state index contributed by atoms with van der Waals surface area (Å²) in [6.45, 7) is 0. The molecule has 2 N–H and O–H groups in total. The highest BCUT2D eigenvalue weighted by atomic mass is 35.5. The second-order valence-corrected chi connectivity index (χ2v) is 7.77. The molecule has 5 aromatic rings. The zero-order valence-electron chi connectivity index (χ0n) is 15.0. The van der Waals surface area contributed by atoms with Gasteiger partial charge in [-0.15, -0.1) is 0 Å². The van der Waals surface area contributed by atoms with Crippen molar-refractivity contribution >= 4 is 45.4 Å². The van der Waals surface area contributed by atoms with Crippen molar-refractivity contribution in [2.45, 2.75) is 10.8 Å². The van der Waals surface area contributed by atoms with Crippen LogP contribution >= 0.6 is 23.4 Å². The summed E-state index contributed by atoms with van der Waals surface area (Å²) in [5, 5.41) is 1.94. The summed E-state index contributed by atoms with van der Waals surface area (Å²) in [5.74, 6) is 0.506. The molecule has 0 aliphatic carbocycles. The van der Waals surface area contributed by atoms with Gasteiger partial charge in [-0.25, -0.2) is 15.0 Å². The molecule has 3 heterocycles. The van der Waals surface area contributed by atoms with E-state index in [0.717, 1.165) is 21.8 Å². The summed E-state index contributed by atoms with van der Waals surface area (Å²) in [4.78, 5) is 32.5. The van der Waals surface area contributed by atoms with Gasteiger partial charge in [-0.1, -0.05) is 53.7 Å². The van der Waals surface area contributed by atoms with Gasteiger partial charge in [0.25, 0.3) is 0 Å². The van der Waals surface area contributed by atoms with E-state index in [9.17, 15) is 4.79 Å². The quantitative estimate of drug-likeness (QED) is 0.322. The Morgan fingerprint density at radius 3 is 2.72 bits per heavy atom. The first kappa shape index (κ1) is 17.9. The number of imidazole rings is 1. The van der Waals surface area contributed by atoms with Gasteiger partial charge in [0.05, 0.1) is 11.9 Å². The second kappa shape index (κ2) is 7.35. The van der Waals surface area contributed by atoms with Crippen molar-refractivity contribution in [2.24, 2.45) is 0 Å². The van der Waals surface area contributed by atoms with Crippen molar-refractivity contribution in [2.75, 3.05) is 0 Å². The maximum absolute atomic E-state index is 13.4. The number of aromatic amines is 2. The average molecular weight is 420 g/mol. The summed E-state index contributed by atoms with van der Waals surface area (Å²) in [5.41, 5.74) is 4.22. The van der Waals surface area contributed by atoms with E-state index < -0.39 is 0 Å². The molecule has 0 fully saturated rings. The van der Waals surface area contributed by atoms with E-state index in [4.69, 9.17) is 11.6 Å². The van der Waals surface area contributed by atoms with E-state index in [1.807, 2.05) is 42.5 Å². The lowest BCUT2D eigenvalue weighted by Crippen LogP contribution is -2.11. The van der Waals surface area contributed by atoms with Gasteiger partial charge in [-0.05, 0) is 18.2 Å². The van der Waals surface area contributed by atoms with E-state index >= 15 is 0 Å². The van der Waals surface area contributed by atoms with Gasteiger partial charge in [0.15, 0.2) is 11.1 Å². The van der Waals surface area contributed by atoms with Crippen LogP contribution in [0.1, 0.15) is 5.69 Å². The molecule has 5 rings (SSSR count). The van der Waals surface area contributed by atoms with Crippen molar-refractivity contribution in [1.82, 2.24) is 24.9 Å². The Morgan fingerprint density at radius 2 is 1.83 bits per heavy atom. The van der Waals surface area contributed by atoms with Crippen LogP contribution in [0.15, 0.2) is 71.0 Å². The normalized spacial score (nSPS) is 11.3. The molecule has 29 heavy (non-hydrogen) atoms. The minimum absolute atomic E-state index is 0.0441. The molecule has 0 aliphatic rings. The third-order valence-corrected chi connectivity index (χ3v) is 6.02. The number of thioether (sulfide) groups is 1. The fraction of sp³-hybridized carbons (Fsp3) is 0.0476. The van der Waals surface area contributed by atoms with Crippen LogP contribution in [0.4, 0.5) is 0 Å². The Morgan fingerprint density at radius 1 is 1.00 bits per heavy atom. The Kier molecular flexibility index (Phi) is 4.54. The first-order valence-corrected chi connectivity index (χ1v) is 10.2. The third kappa shape index (κ3) is 3.18. The topological polar surface area (TPSA) is 87.3 Å². The summed E-state index contributed by atoms with van der Waals surface area (Å²) >= 11 is 7.95. The minimum Gasteiger partial charge on any atom is -0.357 e. The zero-order valence-corrected chi connectivity index (χ0v) is 16.6. The number of pyridine rings is 1. The van der Waals surface area contributed by atoms with Crippen molar-refractivity contribution in [1.29, 1.82) is 0 Å². The summed E-state index contributed by atoms with van der Waals surface area (Å²) in [6, 6.07) is 14.9. The molecule has 0 radical (unpaired) electrons. The molecule has 0 saturated heterocycles. The molecule has 142 valence electrons. The van der Waals surface area contributed by atoms with Gasteiger partial charge in [0, 0.05) is 32.9 Å². The molecule has 0 bridgehead atoms. The van der Waals surface area contributed by atoms with E-state index in [2.05, 4.69) is 24.9 Å². The Bertz CT molecular complexity index is 1410. The van der Waals surface area contributed by atoms with Gasteiger partial charge >= 0.3 is 0 Å². The van der Waals surface area contributed by atoms with Gasteiger partial charge < -0.3 is 9.97 Å². The molecule has 3 aromatic heterocycles. The number of para-hydroxylation sites is 1. The minimum atomic E-state index is -0.0441. The van der Waals surface area contributed by atoms with Crippen molar-refractivity contribution < 1.29 is 0 Å². The third-order valence-electron chi connectivity index (χ3n) is 4.67. The summed E-state index contributed by atoms with van der Waals surface area (Å²) < 4.78 is 0. The molecular weight excluding hydrogens is 406 g/mol. The van der Waals surface area contributed by atoms with Crippen LogP contribution in [0.3, 0.4) is 0 Å². The van der Waals surface area contributed by atoms with Crippen LogP contribution in [-0.2, 0) is 5.75 Å². The lowest BCUT2D eigenvalue weighted by molar-refractivity contribution is 1.08. The number of rotatable bonds is 4. The van der Waals surface area contributed by atoms with E-state index in [0.29, 0.717) is 32.9 Å². The van der Waals surface area contributed by atoms with Gasteiger partial charge in [0.1, 0.15) is 16.9 Å². The van der Waals surface area contributed by atoms with E-state index in [-0.39, 0.29) is 5.43 Å². The molecule has 0 atom stereocenters. The highest BCUT2D eigenvalue weighted by molar-refractivity contribution is 7.98. The molecule has 0 saturated carbocycles. The van der Waals surface area contributed by atoms with Gasteiger partial charge in [-0.2, -0.15) is 0 Å². The molecule has 0 spiro atoms. The van der Waals surface area contributed by atoms with Crippen LogP contribution in [0, 0.1) is 0 Å². The zero-order chi connectivity index (χ0) is 19.8. The second-order valence-electron chi connectivity index (χ2n) is 6.40. The molecule has 2 aromatic carbocycles. The maximum atomic E-state index is 13.4. The maximum Gasteiger partial charge on any atom is 0.197 e.